The van der Waals surface area contributed by atoms with Crippen LogP contribution in [0.15, 0.2) is 12.1 Å². The summed E-state index contributed by atoms with van der Waals surface area (Å²) in [5.74, 6) is 0.919. The molecule has 2 aliphatic rings. The van der Waals surface area contributed by atoms with Crippen LogP contribution in [0.5, 0.6) is 11.8 Å². The Labute approximate surface area is 136 Å². The number of aromatic nitrogens is 2. The van der Waals surface area contributed by atoms with E-state index < -0.39 is 0 Å². The molecule has 23 heavy (non-hydrogen) atoms. The molecule has 1 saturated carbocycles. The number of likely N-dealkylation sites (tertiary alicyclic amines) is 1. The van der Waals surface area contributed by atoms with E-state index in [2.05, 4.69) is 15.5 Å². The van der Waals surface area contributed by atoms with E-state index in [1.807, 2.05) is 4.90 Å². The smallest absolute Gasteiger partial charge is 0.317 e. The van der Waals surface area contributed by atoms with Crippen LogP contribution >= 0.6 is 0 Å². The molecule has 0 unspecified atom stereocenters. The molecule has 0 radical (unpaired) electrons. The lowest BCUT2D eigenvalue weighted by atomic mass is 9.96. The lowest BCUT2D eigenvalue weighted by Gasteiger charge is -2.26. The summed E-state index contributed by atoms with van der Waals surface area (Å²) in [4.78, 5) is 14.1. The number of methoxy groups -OCH3 is 1. The topological polar surface area (TPSA) is 76.6 Å². The van der Waals surface area contributed by atoms with Crippen molar-refractivity contribution in [3.05, 3.63) is 12.1 Å². The minimum Gasteiger partial charge on any atom is -0.480 e. The zero-order valence-corrected chi connectivity index (χ0v) is 13.5. The van der Waals surface area contributed by atoms with Crippen molar-refractivity contribution < 1.29 is 14.3 Å². The fraction of sp³-hybridized carbons (Fsp3) is 0.688. The first-order chi connectivity index (χ1) is 11.2. The van der Waals surface area contributed by atoms with Gasteiger partial charge in [0.1, 0.15) is 6.10 Å². The molecule has 0 spiro atoms. The van der Waals surface area contributed by atoms with Gasteiger partial charge in [0, 0.05) is 31.1 Å². The Morgan fingerprint density at radius 1 is 1.17 bits per heavy atom. The first-order valence-corrected chi connectivity index (χ1v) is 8.34. The van der Waals surface area contributed by atoms with Crippen molar-refractivity contribution in [3.8, 4) is 11.8 Å². The van der Waals surface area contributed by atoms with Gasteiger partial charge < -0.3 is 19.7 Å². The minimum atomic E-state index is -0.0326. The summed E-state index contributed by atoms with van der Waals surface area (Å²) in [6, 6.07) is 3.81. The summed E-state index contributed by atoms with van der Waals surface area (Å²) < 4.78 is 10.8. The maximum atomic E-state index is 12.3. The third kappa shape index (κ3) is 4.24. The highest BCUT2D eigenvalue weighted by Crippen LogP contribution is 2.20. The van der Waals surface area contributed by atoms with Gasteiger partial charge >= 0.3 is 6.03 Å². The van der Waals surface area contributed by atoms with Crippen molar-refractivity contribution in [1.82, 2.24) is 20.4 Å². The molecule has 1 saturated heterocycles. The molecular weight excluding hydrogens is 296 g/mol. The minimum absolute atomic E-state index is 0.0313. The van der Waals surface area contributed by atoms with Crippen LogP contribution in [0.4, 0.5) is 4.79 Å². The number of nitrogens with one attached hydrogen (secondary N) is 1. The van der Waals surface area contributed by atoms with Gasteiger partial charge in [-0.2, -0.15) is 0 Å². The number of carbonyl (C=O) groups excluding carboxylic acids is 1. The van der Waals surface area contributed by atoms with Gasteiger partial charge in [-0.25, -0.2) is 4.79 Å². The quantitative estimate of drug-likeness (QED) is 0.918. The highest BCUT2D eigenvalue weighted by molar-refractivity contribution is 5.74. The Hall–Kier alpha value is -2.05. The number of carbonyl (C=O) groups is 1. The van der Waals surface area contributed by atoms with E-state index in [-0.39, 0.29) is 12.1 Å². The van der Waals surface area contributed by atoms with Crippen LogP contribution in [-0.4, -0.2) is 53.5 Å². The van der Waals surface area contributed by atoms with Crippen molar-refractivity contribution in [1.29, 1.82) is 0 Å². The second-order valence-electron chi connectivity index (χ2n) is 6.17. The summed E-state index contributed by atoms with van der Waals surface area (Å²) in [6.07, 6.45) is 6.69. The second-order valence-corrected chi connectivity index (χ2v) is 6.17. The Kier molecular flexibility index (Phi) is 5.15. The molecule has 126 valence electrons. The summed E-state index contributed by atoms with van der Waals surface area (Å²) in [5.41, 5.74) is 0. The molecule has 2 heterocycles. The third-order valence-electron chi connectivity index (χ3n) is 4.48. The largest absolute Gasteiger partial charge is 0.480 e. The van der Waals surface area contributed by atoms with Gasteiger partial charge in [-0.1, -0.05) is 19.3 Å². The van der Waals surface area contributed by atoms with Gasteiger partial charge in [0.15, 0.2) is 0 Å². The van der Waals surface area contributed by atoms with Gasteiger partial charge in [-0.05, 0) is 12.8 Å². The van der Waals surface area contributed by atoms with Gasteiger partial charge in [-0.15, -0.1) is 10.2 Å². The van der Waals surface area contributed by atoms with Crippen LogP contribution in [0.25, 0.3) is 0 Å². The fourth-order valence-electron chi connectivity index (χ4n) is 3.17. The first-order valence-electron chi connectivity index (χ1n) is 8.34. The lowest BCUT2D eigenvalue weighted by Crippen LogP contribution is -2.45. The molecule has 2 fully saturated rings. The third-order valence-corrected chi connectivity index (χ3v) is 4.48. The molecule has 1 aliphatic heterocycles. The molecule has 7 heteroatoms. The molecule has 1 aromatic rings. The molecule has 7 nitrogen and oxygen atoms in total. The van der Waals surface area contributed by atoms with Crippen LogP contribution in [0.3, 0.4) is 0 Å². The Morgan fingerprint density at radius 2 is 1.91 bits per heavy atom. The number of ether oxygens (including phenoxy) is 2. The molecule has 1 atom stereocenters. The standard InChI is InChI=1S/C16H24N4O3/c1-22-14-7-8-15(19-18-14)23-13-9-10-20(11-13)16(21)17-12-5-3-2-4-6-12/h7-8,12-13H,2-6,9-11H2,1H3,(H,17,21)/t13-/m1/s1. The first kappa shape index (κ1) is 15.8. The summed E-state index contributed by atoms with van der Waals surface area (Å²) >= 11 is 0. The van der Waals surface area contributed by atoms with Gasteiger partial charge in [0.25, 0.3) is 0 Å². The lowest BCUT2D eigenvalue weighted by molar-refractivity contribution is 0.177. The number of rotatable bonds is 4. The molecule has 1 N–H and O–H groups in total. The maximum Gasteiger partial charge on any atom is 0.317 e. The summed E-state index contributed by atoms with van der Waals surface area (Å²) in [5, 5.41) is 11.0. The normalized spacial score (nSPS) is 22.0. The predicted octanol–water partition coefficient (Wildman–Crippen LogP) is 1.98. The van der Waals surface area contributed by atoms with Crippen LogP contribution in [0.2, 0.25) is 0 Å². The van der Waals surface area contributed by atoms with E-state index in [0.717, 1.165) is 19.3 Å². The van der Waals surface area contributed by atoms with Crippen LogP contribution < -0.4 is 14.8 Å². The van der Waals surface area contributed by atoms with E-state index >= 15 is 0 Å². The van der Waals surface area contributed by atoms with E-state index in [1.165, 1.54) is 19.3 Å². The highest BCUT2D eigenvalue weighted by atomic mass is 16.5. The second kappa shape index (κ2) is 7.48. The summed E-state index contributed by atoms with van der Waals surface area (Å²) in [7, 11) is 1.55. The van der Waals surface area contributed by atoms with E-state index in [4.69, 9.17) is 9.47 Å². The van der Waals surface area contributed by atoms with Crippen LogP contribution in [0.1, 0.15) is 38.5 Å². The van der Waals surface area contributed by atoms with Crippen molar-refractivity contribution in [2.75, 3.05) is 20.2 Å². The maximum absolute atomic E-state index is 12.3. The molecular formula is C16H24N4O3. The molecule has 0 bridgehead atoms. The number of nitrogens with zero attached hydrogens (tertiary/aromatic N) is 3. The van der Waals surface area contributed by atoms with Crippen molar-refractivity contribution in [2.45, 2.75) is 50.7 Å². The van der Waals surface area contributed by atoms with E-state index in [1.54, 1.807) is 19.2 Å². The number of urea groups is 1. The predicted molar refractivity (Wildman–Crippen MR) is 84.6 cm³/mol. The fourth-order valence-corrected chi connectivity index (χ4v) is 3.17. The molecule has 1 aromatic heterocycles. The average molecular weight is 320 g/mol. The monoisotopic (exact) mass is 320 g/mol. The molecule has 3 rings (SSSR count). The van der Waals surface area contributed by atoms with Crippen LogP contribution in [0, 0.1) is 0 Å². The van der Waals surface area contributed by atoms with Crippen molar-refractivity contribution in [2.24, 2.45) is 0 Å². The zero-order chi connectivity index (χ0) is 16.1. The number of hydrogen-bond donors (Lipinski definition) is 1. The zero-order valence-electron chi connectivity index (χ0n) is 13.5. The van der Waals surface area contributed by atoms with Crippen molar-refractivity contribution in [3.63, 3.8) is 0 Å². The van der Waals surface area contributed by atoms with Gasteiger partial charge in [-0.3, -0.25) is 0 Å². The molecule has 0 aromatic carbocycles. The SMILES string of the molecule is COc1ccc(O[C@@H]2CCN(C(=O)NC3CCCCC3)C2)nn1. The van der Waals surface area contributed by atoms with Gasteiger partial charge in [0.2, 0.25) is 11.8 Å². The van der Waals surface area contributed by atoms with E-state index in [9.17, 15) is 4.79 Å². The average Bonchev–Trinajstić information content (AvgIpc) is 3.05. The number of hydrogen-bond acceptors (Lipinski definition) is 5. The Bertz CT molecular complexity index is 517. The molecule has 2 amide bonds. The molecule has 1 aliphatic carbocycles. The number of amides is 2. The van der Waals surface area contributed by atoms with Gasteiger partial charge in [0.05, 0.1) is 13.7 Å². The van der Waals surface area contributed by atoms with E-state index in [0.29, 0.717) is 30.9 Å². The van der Waals surface area contributed by atoms with Crippen molar-refractivity contribution >= 4 is 6.03 Å². The Balaban J connectivity index is 1.46. The highest BCUT2D eigenvalue weighted by Gasteiger charge is 2.29. The summed E-state index contributed by atoms with van der Waals surface area (Å²) in [6.45, 7) is 1.30. The Morgan fingerprint density at radius 3 is 2.61 bits per heavy atom. The van der Waals surface area contributed by atoms with Crippen LogP contribution in [-0.2, 0) is 0 Å².